The molecule has 1 saturated heterocycles. The van der Waals surface area contributed by atoms with Crippen molar-refractivity contribution in [2.75, 3.05) is 6.61 Å². The van der Waals surface area contributed by atoms with Gasteiger partial charge < -0.3 is 4.74 Å². The second-order valence-corrected chi connectivity index (χ2v) is 4.86. The van der Waals surface area contributed by atoms with E-state index in [0.29, 0.717) is 0 Å². The minimum absolute atomic E-state index is 0.0370. The Morgan fingerprint density at radius 2 is 2.07 bits per heavy atom. The fraction of sp³-hybridized carbons (Fsp3) is 0.500. The summed E-state index contributed by atoms with van der Waals surface area (Å²) in [5, 5.41) is 0.803. The van der Waals surface area contributed by atoms with Gasteiger partial charge in [0.1, 0.15) is 0 Å². The van der Waals surface area contributed by atoms with Crippen LogP contribution >= 0.6 is 11.6 Å². The summed E-state index contributed by atoms with van der Waals surface area (Å²) in [5.74, 6) is 0.797. The summed E-state index contributed by atoms with van der Waals surface area (Å²) < 4.78 is 5.92. The molecule has 3 rings (SSSR count). The zero-order valence-corrected chi connectivity index (χ0v) is 8.76. The van der Waals surface area contributed by atoms with Gasteiger partial charge in [0, 0.05) is 5.02 Å². The van der Waals surface area contributed by atoms with E-state index in [4.69, 9.17) is 16.3 Å². The molecule has 74 valence electrons. The highest BCUT2D eigenvalue weighted by atomic mass is 35.5. The van der Waals surface area contributed by atoms with Crippen molar-refractivity contribution in [2.24, 2.45) is 5.92 Å². The van der Waals surface area contributed by atoms with Crippen molar-refractivity contribution in [1.82, 2.24) is 0 Å². The molecule has 0 spiro atoms. The molecule has 2 fully saturated rings. The van der Waals surface area contributed by atoms with E-state index in [1.165, 1.54) is 24.8 Å². The van der Waals surface area contributed by atoms with Crippen LogP contribution in [0.15, 0.2) is 24.3 Å². The van der Waals surface area contributed by atoms with Gasteiger partial charge in [-0.15, -0.1) is 0 Å². The summed E-state index contributed by atoms with van der Waals surface area (Å²) in [4.78, 5) is 0. The Balaban J connectivity index is 1.98. The van der Waals surface area contributed by atoms with E-state index in [9.17, 15) is 0 Å². The van der Waals surface area contributed by atoms with Crippen molar-refractivity contribution in [2.45, 2.75) is 24.9 Å². The van der Waals surface area contributed by atoms with Gasteiger partial charge in [-0.3, -0.25) is 0 Å². The van der Waals surface area contributed by atoms with E-state index in [1.54, 1.807) is 0 Å². The normalized spacial score (nSPS) is 35.1. The number of rotatable bonds is 1. The summed E-state index contributed by atoms with van der Waals surface area (Å²) in [7, 11) is 0. The Morgan fingerprint density at radius 1 is 1.29 bits per heavy atom. The van der Waals surface area contributed by atoms with E-state index >= 15 is 0 Å². The number of ether oxygens (including phenoxy) is 1. The summed E-state index contributed by atoms with van der Waals surface area (Å²) in [6.07, 6.45) is 3.70. The lowest BCUT2D eigenvalue weighted by Crippen LogP contribution is -2.23. The van der Waals surface area contributed by atoms with Gasteiger partial charge in [0.15, 0.2) is 0 Å². The van der Waals surface area contributed by atoms with E-state index in [1.807, 2.05) is 12.1 Å². The van der Waals surface area contributed by atoms with Crippen LogP contribution in [-0.2, 0) is 10.3 Å². The molecular weight excluding hydrogens is 196 g/mol. The molecule has 0 aromatic heterocycles. The van der Waals surface area contributed by atoms with E-state index in [2.05, 4.69) is 12.1 Å². The van der Waals surface area contributed by atoms with Gasteiger partial charge >= 0.3 is 0 Å². The number of benzene rings is 1. The topological polar surface area (TPSA) is 9.23 Å². The van der Waals surface area contributed by atoms with Crippen LogP contribution < -0.4 is 0 Å². The maximum absolute atomic E-state index is 5.92. The number of fused-ring (bicyclic) bond motifs is 2. The van der Waals surface area contributed by atoms with Crippen LogP contribution in [0.4, 0.5) is 0 Å². The molecule has 2 aliphatic rings. The lowest BCUT2D eigenvalue weighted by Gasteiger charge is -2.27. The second kappa shape index (κ2) is 2.98. The monoisotopic (exact) mass is 208 g/mol. The Kier molecular flexibility index (Phi) is 1.86. The zero-order valence-electron chi connectivity index (χ0n) is 8.00. The maximum Gasteiger partial charge on any atom is 0.0935 e. The van der Waals surface area contributed by atoms with E-state index in [0.717, 1.165) is 17.5 Å². The Bertz CT molecular complexity index is 336. The van der Waals surface area contributed by atoms with Gasteiger partial charge in [-0.25, -0.2) is 0 Å². The highest BCUT2D eigenvalue weighted by Crippen LogP contribution is 2.50. The number of hydrogen-bond donors (Lipinski definition) is 0. The molecule has 0 radical (unpaired) electrons. The van der Waals surface area contributed by atoms with Gasteiger partial charge in [0.05, 0.1) is 12.2 Å². The number of halogens is 1. The summed E-state index contributed by atoms with van der Waals surface area (Å²) in [6, 6.07) is 8.13. The molecule has 2 atom stereocenters. The van der Waals surface area contributed by atoms with Gasteiger partial charge in [0.25, 0.3) is 0 Å². The molecule has 1 aliphatic heterocycles. The summed E-state index contributed by atoms with van der Waals surface area (Å²) >= 11 is 5.88. The van der Waals surface area contributed by atoms with Crippen molar-refractivity contribution >= 4 is 11.6 Å². The molecular formula is C12H13ClO. The van der Waals surface area contributed by atoms with Crippen LogP contribution in [0, 0.1) is 5.92 Å². The predicted octanol–water partition coefficient (Wildman–Crippen LogP) is 3.37. The van der Waals surface area contributed by atoms with Crippen LogP contribution in [0.5, 0.6) is 0 Å². The van der Waals surface area contributed by atoms with Crippen LogP contribution in [0.3, 0.4) is 0 Å². The molecule has 1 saturated carbocycles. The predicted molar refractivity (Wildman–Crippen MR) is 56.4 cm³/mol. The van der Waals surface area contributed by atoms with Crippen LogP contribution in [0.25, 0.3) is 0 Å². The highest BCUT2D eigenvalue weighted by Gasteiger charge is 2.47. The van der Waals surface area contributed by atoms with Gasteiger partial charge in [-0.05, 0) is 42.9 Å². The average molecular weight is 209 g/mol. The van der Waals surface area contributed by atoms with Crippen LogP contribution in [0.2, 0.25) is 5.02 Å². The largest absolute Gasteiger partial charge is 0.370 e. The van der Waals surface area contributed by atoms with Crippen molar-refractivity contribution in [3.05, 3.63) is 34.9 Å². The Morgan fingerprint density at radius 3 is 2.57 bits per heavy atom. The molecule has 1 nitrogen and oxygen atoms in total. The fourth-order valence-corrected chi connectivity index (χ4v) is 2.88. The molecule has 2 unspecified atom stereocenters. The molecule has 0 N–H and O–H groups in total. The first kappa shape index (κ1) is 8.75. The van der Waals surface area contributed by atoms with Gasteiger partial charge in [-0.1, -0.05) is 23.7 Å². The first-order valence-electron chi connectivity index (χ1n) is 5.19. The first-order chi connectivity index (χ1) is 6.78. The highest BCUT2D eigenvalue weighted by molar-refractivity contribution is 6.30. The molecule has 2 heteroatoms. The lowest BCUT2D eigenvalue weighted by molar-refractivity contribution is -0.0208. The van der Waals surface area contributed by atoms with Crippen LogP contribution in [0.1, 0.15) is 24.8 Å². The third-order valence-electron chi connectivity index (χ3n) is 3.54. The first-order valence-corrected chi connectivity index (χ1v) is 5.56. The molecule has 2 bridgehead atoms. The van der Waals surface area contributed by atoms with E-state index < -0.39 is 0 Å². The zero-order chi connectivity index (χ0) is 9.60. The van der Waals surface area contributed by atoms with Crippen molar-refractivity contribution in [3.8, 4) is 0 Å². The lowest BCUT2D eigenvalue weighted by atomic mass is 9.92. The van der Waals surface area contributed by atoms with Crippen molar-refractivity contribution in [1.29, 1.82) is 0 Å². The minimum atomic E-state index is 0.0370. The number of hydrogen-bond acceptors (Lipinski definition) is 1. The third-order valence-corrected chi connectivity index (χ3v) is 3.79. The molecule has 1 aliphatic carbocycles. The molecule has 1 aromatic carbocycles. The smallest absolute Gasteiger partial charge is 0.0935 e. The average Bonchev–Trinajstić information content (AvgIpc) is 2.79. The molecule has 14 heavy (non-hydrogen) atoms. The van der Waals surface area contributed by atoms with Gasteiger partial charge in [-0.2, -0.15) is 0 Å². The van der Waals surface area contributed by atoms with Crippen molar-refractivity contribution < 1.29 is 4.74 Å². The van der Waals surface area contributed by atoms with Gasteiger partial charge in [0.2, 0.25) is 0 Å². The minimum Gasteiger partial charge on any atom is -0.370 e. The fourth-order valence-electron chi connectivity index (χ4n) is 2.76. The molecule has 1 aromatic rings. The third kappa shape index (κ3) is 1.19. The Labute approximate surface area is 89.0 Å². The second-order valence-electron chi connectivity index (χ2n) is 4.42. The summed E-state index contributed by atoms with van der Waals surface area (Å²) in [6.45, 7) is 0.947. The standard InChI is InChI=1S/C12H13ClO/c13-11-3-1-10(2-4-11)12-6-5-9(7-12)8-14-12/h1-4,9H,5-8H2. The Hall–Kier alpha value is -0.530. The quantitative estimate of drug-likeness (QED) is 0.688. The SMILES string of the molecule is Clc1ccc(C23CCC(CO2)C3)cc1. The molecule has 1 heterocycles. The summed E-state index contributed by atoms with van der Waals surface area (Å²) in [5.41, 5.74) is 1.34. The van der Waals surface area contributed by atoms with Crippen molar-refractivity contribution in [3.63, 3.8) is 0 Å². The van der Waals surface area contributed by atoms with Crippen LogP contribution in [-0.4, -0.2) is 6.61 Å². The maximum atomic E-state index is 5.92. The molecule has 0 amide bonds. The van der Waals surface area contributed by atoms with E-state index in [-0.39, 0.29) is 5.60 Å².